The van der Waals surface area contributed by atoms with Crippen molar-refractivity contribution in [2.45, 2.75) is 32.7 Å². The minimum atomic E-state index is -0.157. The molecule has 22 heavy (non-hydrogen) atoms. The van der Waals surface area contributed by atoms with Crippen LogP contribution in [-0.2, 0) is 12.0 Å². The molecule has 3 N–H and O–H groups in total. The molecule has 1 aromatic carbocycles. The predicted molar refractivity (Wildman–Crippen MR) is 92.5 cm³/mol. The average molecular weight is 320 g/mol. The Balaban J connectivity index is 0.00000242. The summed E-state index contributed by atoms with van der Waals surface area (Å²) in [5, 5.41) is 2.88. The maximum absolute atomic E-state index is 12.2. The zero-order valence-electron chi connectivity index (χ0n) is 13.1. The quantitative estimate of drug-likeness (QED) is 0.909. The van der Waals surface area contributed by atoms with Gasteiger partial charge in [0, 0.05) is 24.0 Å². The van der Waals surface area contributed by atoms with Gasteiger partial charge in [0.25, 0.3) is 5.91 Å². The zero-order chi connectivity index (χ0) is 15.5. The van der Waals surface area contributed by atoms with Crippen LogP contribution in [-0.4, -0.2) is 10.9 Å². The minimum Gasteiger partial charge on any atom is -0.325 e. The molecule has 0 spiro atoms. The molecular formula is C17H22ClN3O. The maximum atomic E-state index is 12.2. The summed E-state index contributed by atoms with van der Waals surface area (Å²) in [7, 11) is 0. The smallest absolute Gasteiger partial charge is 0.255 e. The first-order chi connectivity index (χ1) is 9.90. The minimum absolute atomic E-state index is 0. The number of carbonyl (C=O) groups excluding carboxylic acids is 1. The third kappa shape index (κ3) is 4.55. The maximum Gasteiger partial charge on any atom is 0.255 e. The number of carbonyl (C=O) groups is 1. The molecule has 0 unspecified atom stereocenters. The number of hydrogen-bond donors (Lipinski definition) is 2. The third-order valence-corrected chi connectivity index (χ3v) is 3.30. The van der Waals surface area contributed by atoms with E-state index in [0.717, 1.165) is 5.69 Å². The summed E-state index contributed by atoms with van der Waals surface area (Å²) in [5.74, 6) is -0.157. The summed E-state index contributed by atoms with van der Waals surface area (Å²) >= 11 is 0. The largest absolute Gasteiger partial charge is 0.325 e. The fourth-order valence-electron chi connectivity index (χ4n) is 1.99. The Morgan fingerprint density at radius 2 is 1.82 bits per heavy atom. The van der Waals surface area contributed by atoms with Gasteiger partial charge < -0.3 is 11.1 Å². The Morgan fingerprint density at radius 3 is 2.36 bits per heavy atom. The van der Waals surface area contributed by atoms with Gasteiger partial charge in [-0.25, -0.2) is 0 Å². The molecule has 2 aromatic rings. The van der Waals surface area contributed by atoms with Gasteiger partial charge >= 0.3 is 0 Å². The fourth-order valence-corrected chi connectivity index (χ4v) is 1.99. The van der Waals surface area contributed by atoms with Crippen LogP contribution in [0.25, 0.3) is 0 Å². The van der Waals surface area contributed by atoms with E-state index in [1.807, 2.05) is 24.3 Å². The molecular weight excluding hydrogens is 298 g/mol. The number of benzene rings is 1. The molecule has 0 aliphatic carbocycles. The van der Waals surface area contributed by atoms with E-state index in [9.17, 15) is 4.79 Å². The standard InChI is InChI=1S/C17H21N3O.ClH/c1-17(2,3)13-4-6-14(7-5-13)20-16(21)12-8-9-19-15(10-12)11-18;/h4-10H,11,18H2,1-3H3,(H,20,21);1H. The highest BCUT2D eigenvalue weighted by atomic mass is 35.5. The van der Waals surface area contributed by atoms with Crippen molar-refractivity contribution in [3.8, 4) is 0 Å². The van der Waals surface area contributed by atoms with Crippen molar-refractivity contribution in [1.82, 2.24) is 4.98 Å². The van der Waals surface area contributed by atoms with E-state index in [-0.39, 0.29) is 23.7 Å². The molecule has 0 atom stereocenters. The number of pyridine rings is 1. The topological polar surface area (TPSA) is 68.0 Å². The van der Waals surface area contributed by atoms with Crippen molar-refractivity contribution in [3.63, 3.8) is 0 Å². The first kappa shape index (κ1) is 18.1. The summed E-state index contributed by atoms with van der Waals surface area (Å²) in [6, 6.07) is 11.3. The van der Waals surface area contributed by atoms with E-state index in [2.05, 4.69) is 31.1 Å². The number of anilines is 1. The lowest BCUT2D eigenvalue weighted by Gasteiger charge is -2.19. The number of nitrogens with one attached hydrogen (secondary N) is 1. The van der Waals surface area contributed by atoms with Gasteiger partial charge in [0.2, 0.25) is 0 Å². The molecule has 118 valence electrons. The lowest BCUT2D eigenvalue weighted by atomic mass is 9.87. The molecule has 1 aromatic heterocycles. The van der Waals surface area contributed by atoms with Gasteiger partial charge in [0.05, 0.1) is 5.69 Å². The van der Waals surface area contributed by atoms with Crippen LogP contribution < -0.4 is 11.1 Å². The van der Waals surface area contributed by atoms with Gasteiger partial charge in [-0.3, -0.25) is 9.78 Å². The van der Waals surface area contributed by atoms with E-state index in [1.165, 1.54) is 5.56 Å². The number of nitrogens with two attached hydrogens (primary N) is 1. The van der Waals surface area contributed by atoms with Crippen molar-refractivity contribution < 1.29 is 4.79 Å². The highest BCUT2D eigenvalue weighted by Crippen LogP contribution is 2.23. The van der Waals surface area contributed by atoms with Crippen molar-refractivity contribution in [2.75, 3.05) is 5.32 Å². The normalized spacial score (nSPS) is 10.7. The number of rotatable bonds is 3. The van der Waals surface area contributed by atoms with E-state index in [4.69, 9.17) is 5.73 Å². The molecule has 1 heterocycles. The van der Waals surface area contributed by atoms with E-state index in [1.54, 1.807) is 18.3 Å². The Hall–Kier alpha value is -1.91. The summed E-state index contributed by atoms with van der Waals surface area (Å²) in [6.07, 6.45) is 1.60. The first-order valence-corrected chi connectivity index (χ1v) is 6.97. The summed E-state index contributed by atoms with van der Waals surface area (Å²) in [5.41, 5.74) is 8.90. The second-order valence-corrected chi connectivity index (χ2v) is 6.02. The molecule has 0 aliphatic rings. The number of aromatic nitrogens is 1. The van der Waals surface area contributed by atoms with Gasteiger partial charge in [-0.2, -0.15) is 0 Å². The van der Waals surface area contributed by atoms with Crippen molar-refractivity contribution in [3.05, 3.63) is 59.4 Å². The number of halogens is 1. The highest BCUT2D eigenvalue weighted by molar-refractivity contribution is 6.04. The lowest BCUT2D eigenvalue weighted by Crippen LogP contribution is -2.14. The van der Waals surface area contributed by atoms with Crippen LogP contribution in [0.15, 0.2) is 42.6 Å². The zero-order valence-corrected chi connectivity index (χ0v) is 13.9. The summed E-state index contributed by atoms with van der Waals surface area (Å²) in [6.45, 7) is 6.80. The van der Waals surface area contributed by atoms with Crippen LogP contribution in [0.4, 0.5) is 5.69 Å². The van der Waals surface area contributed by atoms with Gasteiger partial charge in [-0.15, -0.1) is 12.4 Å². The molecule has 0 radical (unpaired) electrons. The molecule has 0 aliphatic heterocycles. The molecule has 5 heteroatoms. The van der Waals surface area contributed by atoms with Gasteiger partial charge in [0.15, 0.2) is 0 Å². The second kappa shape index (κ2) is 7.38. The Bertz CT molecular complexity index is 633. The van der Waals surface area contributed by atoms with Crippen LogP contribution >= 0.6 is 12.4 Å². The Kier molecular flexibility index (Phi) is 6.09. The number of hydrogen-bond acceptors (Lipinski definition) is 3. The number of amides is 1. The summed E-state index contributed by atoms with van der Waals surface area (Å²) in [4.78, 5) is 16.3. The third-order valence-electron chi connectivity index (χ3n) is 3.30. The van der Waals surface area contributed by atoms with E-state index >= 15 is 0 Å². The SMILES string of the molecule is CC(C)(C)c1ccc(NC(=O)c2ccnc(CN)c2)cc1.Cl. The van der Waals surface area contributed by atoms with Gasteiger partial charge in [0.1, 0.15) is 0 Å². The van der Waals surface area contributed by atoms with Crippen LogP contribution in [0, 0.1) is 0 Å². The van der Waals surface area contributed by atoms with Crippen LogP contribution in [0.3, 0.4) is 0 Å². The summed E-state index contributed by atoms with van der Waals surface area (Å²) < 4.78 is 0. The molecule has 0 saturated carbocycles. The fraction of sp³-hybridized carbons (Fsp3) is 0.294. The van der Waals surface area contributed by atoms with Crippen molar-refractivity contribution in [2.24, 2.45) is 5.73 Å². The van der Waals surface area contributed by atoms with Crippen LogP contribution in [0.5, 0.6) is 0 Å². The molecule has 0 bridgehead atoms. The average Bonchev–Trinajstić information content (AvgIpc) is 2.47. The molecule has 1 amide bonds. The Morgan fingerprint density at radius 1 is 1.18 bits per heavy atom. The van der Waals surface area contributed by atoms with Gasteiger partial charge in [-0.05, 0) is 35.2 Å². The first-order valence-electron chi connectivity index (χ1n) is 6.97. The molecule has 2 rings (SSSR count). The number of nitrogens with zero attached hydrogens (tertiary/aromatic N) is 1. The Labute approximate surface area is 137 Å². The molecule has 0 saturated heterocycles. The second-order valence-electron chi connectivity index (χ2n) is 6.02. The van der Waals surface area contributed by atoms with Crippen LogP contribution in [0.1, 0.15) is 42.4 Å². The predicted octanol–water partition coefficient (Wildman–Crippen LogP) is 3.51. The van der Waals surface area contributed by atoms with Crippen molar-refractivity contribution in [1.29, 1.82) is 0 Å². The lowest BCUT2D eigenvalue weighted by molar-refractivity contribution is 0.102. The molecule has 0 fully saturated rings. The van der Waals surface area contributed by atoms with E-state index in [0.29, 0.717) is 17.8 Å². The van der Waals surface area contributed by atoms with Gasteiger partial charge in [-0.1, -0.05) is 32.9 Å². The highest BCUT2D eigenvalue weighted by Gasteiger charge is 2.13. The van der Waals surface area contributed by atoms with Crippen molar-refractivity contribution >= 4 is 24.0 Å². The van der Waals surface area contributed by atoms with Crippen LogP contribution in [0.2, 0.25) is 0 Å². The van der Waals surface area contributed by atoms with E-state index < -0.39 is 0 Å². The monoisotopic (exact) mass is 319 g/mol. The molecule has 4 nitrogen and oxygen atoms in total.